The molecule has 2 heterocycles. The zero-order valence-electron chi connectivity index (χ0n) is 15.4. The molecule has 0 aliphatic carbocycles. The molecule has 0 saturated carbocycles. The molecule has 0 unspecified atom stereocenters. The van der Waals surface area contributed by atoms with Gasteiger partial charge in [-0.25, -0.2) is 4.79 Å². The molecule has 0 bridgehead atoms. The van der Waals surface area contributed by atoms with Gasteiger partial charge in [0.05, 0.1) is 31.6 Å². The van der Waals surface area contributed by atoms with Gasteiger partial charge < -0.3 is 19.3 Å². The van der Waals surface area contributed by atoms with Crippen molar-refractivity contribution in [3.05, 3.63) is 52.2 Å². The maximum atomic E-state index is 12.5. The Morgan fingerprint density at radius 2 is 2.04 bits per heavy atom. The van der Waals surface area contributed by atoms with Gasteiger partial charge in [0.1, 0.15) is 0 Å². The molecule has 142 valence electrons. The summed E-state index contributed by atoms with van der Waals surface area (Å²) >= 11 is 1.57. The largest absolute Gasteiger partial charge is 0.465 e. The molecule has 1 amide bonds. The normalized spacial score (nSPS) is 14.4. The van der Waals surface area contributed by atoms with Crippen LogP contribution in [0.1, 0.15) is 15.2 Å². The van der Waals surface area contributed by atoms with Gasteiger partial charge in [0, 0.05) is 36.8 Å². The Balaban J connectivity index is 1.84. The molecule has 1 aliphatic heterocycles. The number of hydrogen-bond acceptors (Lipinski definition) is 6. The quantitative estimate of drug-likeness (QED) is 0.584. The lowest BCUT2D eigenvalue weighted by Crippen LogP contribution is -2.37. The van der Waals surface area contributed by atoms with E-state index >= 15 is 0 Å². The van der Waals surface area contributed by atoms with E-state index in [0.29, 0.717) is 37.6 Å². The molecule has 1 aromatic heterocycles. The SMILES string of the molecule is COC(=O)c1cc(N(C)C(=O)/C=C/c2cccs2)ccc1N1CCOCC1. The lowest BCUT2D eigenvalue weighted by Gasteiger charge is -2.30. The fraction of sp³-hybridized carbons (Fsp3) is 0.300. The summed E-state index contributed by atoms with van der Waals surface area (Å²) in [6.07, 6.45) is 3.31. The third-order valence-electron chi connectivity index (χ3n) is 4.39. The van der Waals surface area contributed by atoms with Crippen molar-refractivity contribution in [3.8, 4) is 0 Å². The summed E-state index contributed by atoms with van der Waals surface area (Å²) in [5.41, 5.74) is 1.87. The van der Waals surface area contributed by atoms with Crippen LogP contribution in [-0.2, 0) is 14.3 Å². The molecule has 7 heteroatoms. The number of rotatable bonds is 5. The summed E-state index contributed by atoms with van der Waals surface area (Å²) in [6.45, 7) is 2.66. The molecule has 0 spiro atoms. The zero-order chi connectivity index (χ0) is 19.2. The number of ether oxygens (including phenoxy) is 2. The Morgan fingerprint density at radius 3 is 2.70 bits per heavy atom. The second-order valence-corrected chi connectivity index (χ2v) is 7.02. The van der Waals surface area contributed by atoms with E-state index in [4.69, 9.17) is 9.47 Å². The minimum absolute atomic E-state index is 0.168. The van der Waals surface area contributed by atoms with E-state index in [-0.39, 0.29) is 5.91 Å². The Labute approximate surface area is 162 Å². The summed E-state index contributed by atoms with van der Waals surface area (Å²) in [5, 5.41) is 1.96. The molecule has 0 atom stereocenters. The van der Waals surface area contributed by atoms with Crippen LogP contribution in [0.15, 0.2) is 41.8 Å². The van der Waals surface area contributed by atoms with Gasteiger partial charge in [0.15, 0.2) is 0 Å². The van der Waals surface area contributed by atoms with Gasteiger partial charge in [0.25, 0.3) is 5.91 Å². The molecule has 1 fully saturated rings. The number of anilines is 2. The summed E-state index contributed by atoms with van der Waals surface area (Å²) in [6, 6.07) is 9.29. The first kappa shape index (κ1) is 19.1. The molecular weight excluding hydrogens is 364 g/mol. The van der Waals surface area contributed by atoms with Crippen LogP contribution in [0.25, 0.3) is 6.08 Å². The molecule has 0 N–H and O–H groups in total. The number of benzene rings is 1. The maximum Gasteiger partial charge on any atom is 0.340 e. The second kappa shape index (κ2) is 8.83. The molecule has 6 nitrogen and oxygen atoms in total. The fourth-order valence-corrected chi connectivity index (χ4v) is 3.48. The second-order valence-electron chi connectivity index (χ2n) is 6.04. The Kier molecular flexibility index (Phi) is 6.26. The smallest absolute Gasteiger partial charge is 0.340 e. The van der Waals surface area contributed by atoms with Crippen molar-refractivity contribution in [3.63, 3.8) is 0 Å². The first-order valence-corrected chi connectivity index (χ1v) is 9.52. The highest BCUT2D eigenvalue weighted by Crippen LogP contribution is 2.27. The van der Waals surface area contributed by atoms with E-state index < -0.39 is 5.97 Å². The van der Waals surface area contributed by atoms with Crippen molar-refractivity contribution in [1.29, 1.82) is 0 Å². The average Bonchev–Trinajstić information content (AvgIpc) is 3.24. The molecule has 1 saturated heterocycles. The van der Waals surface area contributed by atoms with Crippen molar-refractivity contribution in [1.82, 2.24) is 0 Å². The number of nitrogens with zero attached hydrogens (tertiary/aromatic N) is 2. The van der Waals surface area contributed by atoms with Crippen molar-refractivity contribution >= 4 is 40.7 Å². The highest BCUT2D eigenvalue weighted by Gasteiger charge is 2.21. The number of likely N-dealkylation sites (N-methyl/N-ethyl adjacent to an activating group) is 1. The standard InChI is InChI=1S/C20H22N2O4S/c1-21(19(23)8-6-16-4-3-13-27-16)15-5-7-18(17(14-15)20(24)25-2)22-9-11-26-12-10-22/h3-8,13-14H,9-12H2,1-2H3/b8-6+. The van der Waals surface area contributed by atoms with E-state index in [1.54, 1.807) is 30.5 Å². The molecular formula is C20H22N2O4S. The van der Waals surface area contributed by atoms with Gasteiger partial charge in [-0.05, 0) is 35.7 Å². The predicted molar refractivity (Wildman–Crippen MR) is 108 cm³/mol. The monoisotopic (exact) mass is 386 g/mol. The summed E-state index contributed by atoms with van der Waals surface area (Å²) in [7, 11) is 3.04. The van der Waals surface area contributed by atoms with Crippen LogP contribution >= 0.6 is 11.3 Å². The fourth-order valence-electron chi connectivity index (χ4n) is 2.86. The number of amides is 1. The van der Waals surface area contributed by atoms with Crippen LogP contribution in [0.2, 0.25) is 0 Å². The lowest BCUT2D eigenvalue weighted by molar-refractivity contribution is -0.113. The number of carbonyl (C=O) groups is 2. The average molecular weight is 386 g/mol. The van der Waals surface area contributed by atoms with Crippen LogP contribution < -0.4 is 9.80 Å². The maximum absolute atomic E-state index is 12.5. The van der Waals surface area contributed by atoms with Crippen molar-refractivity contribution in [2.75, 3.05) is 50.3 Å². The summed E-state index contributed by atoms with van der Waals surface area (Å²) in [4.78, 5) is 29.4. The van der Waals surface area contributed by atoms with Gasteiger partial charge in [-0.15, -0.1) is 11.3 Å². The molecule has 1 aliphatic rings. The van der Waals surface area contributed by atoms with Gasteiger partial charge in [-0.3, -0.25) is 4.79 Å². The van der Waals surface area contributed by atoms with Crippen LogP contribution in [-0.4, -0.2) is 52.3 Å². The highest BCUT2D eigenvalue weighted by molar-refractivity contribution is 7.10. The molecule has 2 aromatic rings. The van der Waals surface area contributed by atoms with E-state index in [1.807, 2.05) is 29.6 Å². The molecule has 1 aromatic carbocycles. The minimum Gasteiger partial charge on any atom is -0.465 e. The van der Waals surface area contributed by atoms with Crippen LogP contribution in [0.5, 0.6) is 0 Å². The first-order chi connectivity index (χ1) is 13.1. The van der Waals surface area contributed by atoms with E-state index in [9.17, 15) is 9.59 Å². The summed E-state index contributed by atoms with van der Waals surface area (Å²) in [5.74, 6) is -0.591. The molecule has 0 radical (unpaired) electrons. The number of esters is 1. The first-order valence-electron chi connectivity index (χ1n) is 8.64. The van der Waals surface area contributed by atoms with Crippen LogP contribution in [0.4, 0.5) is 11.4 Å². The van der Waals surface area contributed by atoms with Crippen molar-refractivity contribution in [2.45, 2.75) is 0 Å². The Bertz CT molecular complexity index is 827. The van der Waals surface area contributed by atoms with Gasteiger partial charge in [0.2, 0.25) is 0 Å². The Morgan fingerprint density at radius 1 is 1.26 bits per heavy atom. The number of carbonyl (C=O) groups excluding carboxylic acids is 2. The number of methoxy groups -OCH3 is 1. The van der Waals surface area contributed by atoms with Crippen molar-refractivity contribution in [2.24, 2.45) is 0 Å². The predicted octanol–water partition coefficient (Wildman–Crippen LogP) is 3.05. The molecule has 27 heavy (non-hydrogen) atoms. The summed E-state index contributed by atoms with van der Waals surface area (Å²) < 4.78 is 10.3. The number of morpholine rings is 1. The Hall–Kier alpha value is -2.64. The lowest BCUT2D eigenvalue weighted by atomic mass is 10.1. The van der Waals surface area contributed by atoms with E-state index in [2.05, 4.69) is 4.90 Å². The van der Waals surface area contributed by atoms with Gasteiger partial charge in [-0.2, -0.15) is 0 Å². The van der Waals surface area contributed by atoms with Gasteiger partial charge >= 0.3 is 5.97 Å². The van der Waals surface area contributed by atoms with Crippen LogP contribution in [0, 0.1) is 0 Å². The molecule has 3 rings (SSSR count). The number of hydrogen-bond donors (Lipinski definition) is 0. The van der Waals surface area contributed by atoms with E-state index in [0.717, 1.165) is 10.6 Å². The van der Waals surface area contributed by atoms with Gasteiger partial charge in [-0.1, -0.05) is 6.07 Å². The third-order valence-corrected chi connectivity index (χ3v) is 5.23. The number of thiophene rings is 1. The van der Waals surface area contributed by atoms with E-state index in [1.165, 1.54) is 18.1 Å². The zero-order valence-corrected chi connectivity index (χ0v) is 16.2. The van der Waals surface area contributed by atoms with Crippen molar-refractivity contribution < 1.29 is 19.1 Å². The topological polar surface area (TPSA) is 59.1 Å². The third kappa shape index (κ3) is 4.56. The van der Waals surface area contributed by atoms with Crippen LogP contribution in [0.3, 0.4) is 0 Å². The highest BCUT2D eigenvalue weighted by atomic mass is 32.1. The minimum atomic E-state index is -0.423.